The van der Waals surface area contributed by atoms with Crippen molar-refractivity contribution >= 4 is 35.8 Å². The molecule has 0 radical (unpaired) electrons. The summed E-state index contributed by atoms with van der Waals surface area (Å²) in [4.78, 5) is 22.0. The van der Waals surface area contributed by atoms with E-state index < -0.39 is 0 Å². The zero-order valence-electron chi connectivity index (χ0n) is 19.4. The molecule has 1 aliphatic carbocycles. The van der Waals surface area contributed by atoms with Gasteiger partial charge in [-0.15, -0.1) is 24.0 Å². The molecular formula is C23H40IN5O2. The van der Waals surface area contributed by atoms with Crippen molar-refractivity contribution in [2.24, 2.45) is 10.4 Å². The molecule has 1 saturated carbocycles. The molecule has 0 aromatic carbocycles. The highest BCUT2D eigenvalue weighted by molar-refractivity contribution is 14.0. The molecule has 1 atom stereocenters. The molecular weight excluding hydrogens is 505 g/mol. The van der Waals surface area contributed by atoms with E-state index >= 15 is 0 Å². The number of furan rings is 1. The largest absolute Gasteiger partial charge is 0.468 e. The molecule has 2 fully saturated rings. The van der Waals surface area contributed by atoms with Gasteiger partial charge in [-0.2, -0.15) is 0 Å². The van der Waals surface area contributed by atoms with Gasteiger partial charge in [0.05, 0.1) is 24.3 Å². The van der Waals surface area contributed by atoms with Gasteiger partial charge >= 0.3 is 0 Å². The topological polar surface area (TPSA) is 73.1 Å². The average molecular weight is 546 g/mol. The molecule has 1 aromatic heterocycles. The molecule has 7 nitrogen and oxygen atoms in total. The van der Waals surface area contributed by atoms with E-state index in [4.69, 9.17) is 9.41 Å². The summed E-state index contributed by atoms with van der Waals surface area (Å²) >= 11 is 0. The highest BCUT2D eigenvalue weighted by Gasteiger charge is 2.42. The molecule has 176 valence electrons. The monoisotopic (exact) mass is 545 g/mol. The molecule has 8 heteroatoms. The van der Waals surface area contributed by atoms with Crippen LogP contribution >= 0.6 is 24.0 Å². The van der Waals surface area contributed by atoms with Crippen molar-refractivity contribution in [3.8, 4) is 0 Å². The molecule has 0 bridgehead atoms. The van der Waals surface area contributed by atoms with Crippen LogP contribution in [0.1, 0.15) is 63.7 Å². The number of hydrogen-bond acceptors (Lipinski definition) is 4. The maximum absolute atomic E-state index is 12.9. The fourth-order valence-electron chi connectivity index (χ4n) is 4.85. The summed E-state index contributed by atoms with van der Waals surface area (Å²) < 4.78 is 5.76. The van der Waals surface area contributed by atoms with E-state index in [0.717, 1.165) is 63.6 Å². The van der Waals surface area contributed by atoms with Gasteiger partial charge in [0.15, 0.2) is 5.96 Å². The number of amides is 1. The Morgan fingerprint density at radius 1 is 1.19 bits per heavy atom. The maximum Gasteiger partial charge on any atom is 0.230 e. The number of carbonyl (C=O) groups excluding carboxylic acids is 1. The van der Waals surface area contributed by atoms with Gasteiger partial charge < -0.3 is 20.0 Å². The highest BCUT2D eigenvalue weighted by atomic mass is 127. The number of guanidine groups is 1. The van der Waals surface area contributed by atoms with Crippen molar-refractivity contribution in [1.82, 2.24) is 20.4 Å². The quantitative estimate of drug-likeness (QED) is 0.297. The van der Waals surface area contributed by atoms with Crippen LogP contribution in [-0.2, 0) is 4.79 Å². The van der Waals surface area contributed by atoms with Crippen LogP contribution < -0.4 is 10.6 Å². The standard InChI is InChI=1S/C23H39N5O2.HI/c1-4-24-22(26-18-23(12-6-7-13-23)21(29)27(2)3)25-17-19(20-11-10-16-30-20)28-14-8-5-9-15-28;/h10-11,16,19H,4-9,12-15,17-18H2,1-3H3,(H2,24,25,26);1H. The van der Waals surface area contributed by atoms with E-state index in [9.17, 15) is 4.79 Å². The number of carbonyl (C=O) groups is 1. The lowest BCUT2D eigenvalue weighted by molar-refractivity contribution is -0.138. The Morgan fingerprint density at radius 2 is 1.90 bits per heavy atom. The minimum Gasteiger partial charge on any atom is -0.468 e. The summed E-state index contributed by atoms with van der Waals surface area (Å²) in [6.07, 6.45) is 9.60. The second kappa shape index (κ2) is 12.7. The van der Waals surface area contributed by atoms with Gasteiger partial charge in [-0.05, 0) is 57.8 Å². The van der Waals surface area contributed by atoms with E-state index in [1.54, 1.807) is 11.2 Å². The molecule has 2 heterocycles. The first-order valence-electron chi connectivity index (χ1n) is 11.6. The van der Waals surface area contributed by atoms with Gasteiger partial charge in [0, 0.05) is 27.2 Å². The number of nitrogens with zero attached hydrogens (tertiary/aromatic N) is 3. The van der Waals surface area contributed by atoms with Crippen molar-refractivity contribution in [3.63, 3.8) is 0 Å². The number of piperidine rings is 1. The SMILES string of the molecule is CCNC(=NCC1(C(=O)N(C)C)CCCC1)NCC(c1ccco1)N1CCCCC1.I. The third-order valence-electron chi connectivity index (χ3n) is 6.47. The fourth-order valence-corrected chi connectivity index (χ4v) is 4.85. The molecule has 3 rings (SSSR count). The summed E-state index contributed by atoms with van der Waals surface area (Å²) in [6.45, 7) is 6.32. The number of aliphatic imine (C=N–C) groups is 1. The lowest BCUT2D eigenvalue weighted by atomic mass is 9.85. The first kappa shape index (κ1) is 26.0. The van der Waals surface area contributed by atoms with Crippen molar-refractivity contribution in [1.29, 1.82) is 0 Å². The second-order valence-electron chi connectivity index (χ2n) is 8.89. The minimum atomic E-state index is -0.348. The summed E-state index contributed by atoms with van der Waals surface area (Å²) in [5, 5.41) is 6.89. The van der Waals surface area contributed by atoms with E-state index in [1.165, 1.54) is 19.3 Å². The molecule has 0 spiro atoms. The smallest absolute Gasteiger partial charge is 0.230 e. The van der Waals surface area contributed by atoms with Crippen molar-refractivity contribution in [2.45, 2.75) is 57.9 Å². The molecule has 1 aromatic rings. The zero-order valence-corrected chi connectivity index (χ0v) is 21.7. The van der Waals surface area contributed by atoms with Gasteiger partial charge in [-0.3, -0.25) is 14.7 Å². The Kier molecular flexibility index (Phi) is 10.6. The van der Waals surface area contributed by atoms with Crippen LogP contribution in [0.5, 0.6) is 0 Å². The normalized spacial score (nSPS) is 20.0. The van der Waals surface area contributed by atoms with Gasteiger partial charge in [-0.25, -0.2) is 0 Å². The van der Waals surface area contributed by atoms with E-state index in [1.807, 2.05) is 20.2 Å². The second-order valence-corrected chi connectivity index (χ2v) is 8.89. The van der Waals surface area contributed by atoms with Crippen LogP contribution in [0.2, 0.25) is 0 Å². The molecule has 1 unspecified atom stereocenters. The summed E-state index contributed by atoms with van der Waals surface area (Å²) in [5.74, 6) is 1.99. The Labute approximate surface area is 204 Å². The minimum absolute atomic E-state index is 0. The Bertz CT molecular complexity index is 680. The number of hydrogen-bond donors (Lipinski definition) is 2. The summed E-state index contributed by atoms with van der Waals surface area (Å²) in [5.41, 5.74) is -0.348. The number of halogens is 1. The van der Waals surface area contributed by atoms with Gasteiger partial charge in [0.1, 0.15) is 5.76 Å². The predicted molar refractivity (Wildman–Crippen MR) is 136 cm³/mol. The molecule has 1 aliphatic heterocycles. The van der Waals surface area contributed by atoms with E-state index in [0.29, 0.717) is 6.54 Å². The Balaban J connectivity index is 0.00000341. The van der Waals surface area contributed by atoms with Crippen LogP contribution in [-0.4, -0.2) is 68.5 Å². The van der Waals surface area contributed by atoms with Crippen LogP contribution in [0.4, 0.5) is 0 Å². The number of likely N-dealkylation sites (tertiary alicyclic amines) is 1. The van der Waals surface area contributed by atoms with E-state index in [2.05, 4.69) is 28.5 Å². The van der Waals surface area contributed by atoms with Crippen LogP contribution in [0.15, 0.2) is 27.8 Å². The maximum atomic E-state index is 12.9. The van der Waals surface area contributed by atoms with Crippen LogP contribution in [0.3, 0.4) is 0 Å². The van der Waals surface area contributed by atoms with Crippen LogP contribution in [0, 0.1) is 5.41 Å². The van der Waals surface area contributed by atoms with E-state index in [-0.39, 0.29) is 41.3 Å². The van der Waals surface area contributed by atoms with Gasteiger partial charge in [0.25, 0.3) is 0 Å². The average Bonchev–Trinajstić information content (AvgIpc) is 3.45. The Hall–Kier alpha value is -1.29. The fraction of sp³-hybridized carbons (Fsp3) is 0.739. The molecule has 31 heavy (non-hydrogen) atoms. The summed E-state index contributed by atoms with van der Waals surface area (Å²) in [7, 11) is 3.70. The van der Waals surface area contributed by atoms with Crippen molar-refractivity contribution in [2.75, 3.05) is 46.8 Å². The first-order chi connectivity index (χ1) is 14.6. The Morgan fingerprint density at radius 3 is 2.48 bits per heavy atom. The number of nitrogens with one attached hydrogen (secondary N) is 2. The van der Waals surface area contributed by atoms with Crippen LogP contribution in [0.25, 0.3) is 0 Å². The van der Waals surface area contributed by atoms with Crippen molar-refractivity contribution < 1.29 is 9.21 Å². The number of rotatable bonds is 8. The summed E-state index contributed by atoms with van der Waals surface area (Å²) in [6, 6.07) is 4.21. The lowest BCUT2D eigenvalue weighted by Gasteiger charge is -2.34. The zero-order chi connectivity index (χ0) is 21.4. The lowest BCUT2D eigenvalue weighted by Crippen LogP contribution is -2.46. The molecule has 2 N–H and O–H groups in total. The van der Waals surface area contributed by atoms with Gasteiger partial charge in [-0.1, -0.05) is 19.3 Å². The molecule has 1 amide bonds. The third kappa shape index (κ3) is 6.84. The highest BCUT2D eigenvalue weighted by Crippen LogP contribution is 2.39. The molecule has 2 aliphatic rings. The first-order valence-corrected chi connectivity index (χ1v) is 11.6. The predicted octanol–water partition coefficient (Wildman–Crippen LogP) is 3.63. The molecule has 1 saturated heterocycles. The van der Waals surface area contributed by atoms with Crippen molar-refractivity contribution in [3.05, 3.63) is 24.2 Å². The third-order valence-corrected chi connectivity index (χ3v) is 6.47. The van der Waals surface area contributed by atoms with Gasteiger partial charge in [0.2, 0.25) is 5.91 Å².